The summed E-state index contributed by atoms with van der Waals surface area (Å²) in [4.78, 5) is 24.8. The van der Waals surface area contributed by atoms with Gasteiger partial charge in [-0.15, -0.1) is 0 Å². The lowest BCUT2D eigenvalue weighted by Crippen LogP contribution is -2.27. The molecule has 0 radical (unpaired) electrons. The first-order chi connectivity index (χ1) is 11.1. The average molecular weight is 342 g/mol. The molecule has 1 aliphatic heterocycles. The van der Waals surface area contributed by atoms with E-state index in [1.165, 1.54) is 34.9 Å². The Morgan fingerprint density at radius 3 is 2.57 bits per heavy atom. The smallest absolute Gasteiger partial charge is 0.268 e. The maximum atomic E-state index is 12.6. The third-order valence-corrected chi connectivity index (χ3v) is 4.49. The van der Waals surface area contributed by atoms with Gasteiger partial charge in [-0.05, 0) is 17.7 Å². The van der Waals surface area contributed by atoms with Crippen molar-refractivity contribution in [1.82, 2.24) is 0 Å². The number of carbonyl (C=O) groups excluding carboxylic acids is 1. The number of hydrogen-bond donors (Lipinski definition) is 0. The lowest BCUT2D eigenvalue weighted by atomic mass is 10.2. The van der Waals surface area contributed by atoms with Gasteiger partial charge in [0.2, 0.25) is 0 Å². The molecule has 0 N–H and O–H groups in total. The number of non-ortho nitro benzene ring substituents is 1. The van der Waals surface area contributed by atoms with Gasteiger partial charge in [-0.3, -0.25) is 19.8 Å². The monoisotopic (exact) mass is 342 g/mol. The maximum absolute atomic E-state index is 12.6. The van der Waals surface area contributed by atoms with Crippen LogP contribution in [0, 0.1) is 10.1 Å². The molecule has 114 valence electrons. The Morgan fingerprint density at radius 1 is 1.13 bits per heavy atom. The van der Waals surface area contributed by atoms with Crippen LogP contribution < -0.4 is 4.90 Å². The van der Waals surface area contributed by atoms with Gasteiger partial charge in [0.25, 0.3) is 11.6 Å². The van der Waals surface area contributed by atoms with Gasteiger partial charge in [0, 0.05) is 12.1 Å². The first kappa shape index (κ1) is 15.4. The van der Waals surface area contributed by atoms with Crippen LogP contribution in [0.15, 0.2) is 59.5 Å². The first-order valence-corrected chi connectivity index (χ1v) is 7.86. The van der Waals surface area contributed by atoms with Gasteiger partial charge in [0.1, 0.15) is 0 Å². The second-order valence-corrected chi connectivity index (χ2v) is 6.38. The van der Waals surface area contributed by atoms with E-state index in [0.717, 1.165) is 5.56 Å². The van der Waals surface area contributed by atoms with E-state index in [9.17, 15) is 14.9 Å². The van der Waals surface area contributed by atoms with E-state index in [4.69, 9.17) is 12.2 Å². The summed E-state index contributed by atoms with van der Waals surface area (Å²) < 4.78 is 0.359. The normalized spacial score (nSPS) is 16.2. The number of nitro groups is 1. The first-order valence-electron chi connectivity index (χ1n) is 6.64. The predicted molar refractivity (Wildman–Crippen MR) is 95.2 cm³/mol. The third kappa shape index (κ3) is 3.15. The van der Waals surface area contributed by atoms with Gasteiger partial charge in [-0.1, -0.05) is 60.4 Å². The number of nitrogens with zero attached hydrogens (tertiary/aromatic N) is 2. The summed E-state index contributed by atoms with van der Waals surface area (Å²) in [7, 11) is 0. The highest BCUT2D eigenvalue weighted by Gasteiger charge is 2.33. The fourth-order valence-electron chi connectivity index (χ4n) is 2.14. The molecule has 5 nitrogen and oxygen atoms in total. The minimum atomic E-state index is -0.499. The van der Waals surface area contributed by atoms with Crippen molar-refractivity contribution < 1.29 is 9.72 Å². The van der Waals surface area contributed by atoms with Crippen LogP contribution >= 0.6 is 24.0 Å². The fourth-order valence-corrected chi connectivity index (χ4v) is 3.44. The Balaban J connectivity index is 1.95. The largest absolute Gasteiger partial charge is 0.271 e. The van der Waals surface area contributed by atoms with E-state index in [1.54, 1.807) is 12.1 Å². The Labute approximate surface area is 141 Å². The van der Waals surface area contributed by atoms with Gasteiger partial charge in [0.15, 0.2) is 4.32 Å². The average Bonchev–Trinajstić information content (AvgIpc) is 2.82. The molecular weight excluding hydrogens is 332 g/mol. The Hall–Kier alpha value is -2.51. The Morgan fingerprint density at radius 2 is 1.87 bits per heavy atom. The Bertz CT molecular complexity index is 834. The van der Waals surface area contributed by atoms with Crippen molar-refractivity contribution in [2.24, 2.45) is 0 Å². The number of rotatable bonds is 3. The molecule has 1 heterocycles. The molecule has 0 aromatic heterocycles. The standard InChI is InChI=1S/C16H10N2O3S2/c19-15-14(9-11-5-2-1-3-6-11)23-16(22)17(15)12-7-4-8-13(10-12)18(20)21/h1-10H. The van der Waals surface area contributed by atoms with Crippen LogP contribution in [0.3, 0.4) is 0 Å². The van der Waals surface area contributed by atoms with E-state index in [2.05, 4.69) is 0 Å². The molecule has 0 atom stereocenters. The lowest BCUT2D eigenvalue weighted by molar-refractivity contribution is -0.384. The number of amides is 1. The van der Waals surface area contributed by atoms with Crippen molar-refractivity contribution >= 4 is 51.7 Å². The van der Waals surface area contributed by atoms with Crippen LogP contribution in [0.5, 0.6) is 0 Å². The third-order valence-electron chi connectivity index (χ3n) is 3.19. The maximum Gasteiger partial charge on any atom is 0.271 e. The lowest BCUT2D eigenvalue weighted by Gasteiger charge is -2.13. The van der Waals surface area contributed by atoms with Crippen molar-refractivity contribution in [2.75, 3.05) is 4.90 Å². The van der Waals surface area contributed by atoms with Crippen LogP contribution in [-0.2, 0) is 4.79 Å². The summed E-state index contributed by atoms with van der Waals surface area (Å²) in [5.41, 5.74) is 1.22. The van der Waals surface area contributed by atoms with Gasteiger partial charge >= 0.3 is 0 Å². The van der Waals surface area contributed by atoms with Gasteiger partial charge in [-0.25, -0.2) is 0 Å². The quantitative estimate of drug-likeness (QED) is 0.365. The van der Waals surface area contributed by atoms with E-state index >= 15 is 0 Å². The van der Waals surface area contributed by atoms with Crippen LogP contribution in [0.4, 0.5) is 11.4 Å². The van der Waals surface area contributed by atoms with E-state index < -0.39 is 4.92 Å². The summed E-state index contributed by atoms with van der Waals surface area (Å²) >= 11 is 6.44. The number of benzene rings is 2. The number of thioether (sulfide) groups is 1. The second-order valence-electron chi connectivity index (χ2n) is 4.70. The molecule has 1 fully saturated rings. The summed E-state index contributed by atoms with van der Waals surface area (Å²) in [5, 5.41) is 10.9. The zero-order chi connectivity index (χ0) is 16.4. The molecule has 2 aromatic carbocycles. The molecule has 2 aromatic rings. The van der Waals surface area contributed by atoms with E-state index in [-0.39, 0.29) is 11.6 Å². The SMILES string of the molecule is O=C1C(=Cc2ccccc2)SC(=S)N1c1cccc([N+](=O)[O-])c1. The molecule has 7 heteroatoms. The number of carbonyl (C=O) groups is 1. The summed E-state index contributed by atoms with van der Waals surface area (Å²) in [6.45, 7) is 0. The molecule has 0 spiro atoms. The summed E-state index contributed by atoms with van der Waals surface area (Å²) in [6, 6.07) is 15.3. The number of thiocarbonyl (C=S) groups is 1. The van der Waals surface area contributed by atoms with Crippen molar-refractivity contribution in [3.63, 3.8) is 0 Å². The van der Waals surface area contributed by atoms with Crippen LogP contribution in [0.25, 0.3) is 6.08 Å². The Kier molecular flexibility index (Phi) is 4.22. The number of nitro benzene ring substituents is 1. The summed E-state index contributed by atoms with van der Waals surface area (Å²) in [5.74, 6) is -0.274. The van der Waals surface area contributed by atoms with Crippen molar-refractivity contribution in [1.29, 1.82) is 0 Å². The number of hydrogen-bond acceptors (Lipinski definition) is 5. The molecule has 0 saturated carbocycles. The van der Waals surface area contributed by atoms with Gasteiger partial charge in [-0.2, -0.15) is 0 Å². The van der Waals surface area contributed by atoms with Gasteiger partial charge < -0.3 is 0 Å². The number of anilines is 1. The molecule has 1 saturated heterocycles. The van der Waals surface area contributed by atoms with Crippen LogP contribution in [0.2, 0.25) is 0 Å². The molecule has 0 unspecified atom stereocenters. The van der Waals surface area contributed by atoms with E-state index in [0.29, 0.717) is 14.9 Å². The zero-order valence-electron chi connectivity index (χ0n) is 11.7. The molecule has 1 aliphatic rings. The topological polar surface area (TPSA) is 63.5 Å². The fraction of sp³-hybridized carbons (Fsp3) is 0. The highest BCUT2D eigenvalue weighted by Crippen LogP contribution is 2.36. The molecule has 3 rings (SSSR count). The van der Waals surface area contributed by atoms with Crippen molar-refractivity contribution in [2.45, 2.75) is 0 Å². The highest BCUT2D eigenvalue weighted by molar-refractivity contribution is 8.27. The van der Waals surface area contributed by atoms with Crippen LogP contribution in [0.1, 0.15) is 5.56 Å². The molecular formula is C16H10N2O3S2. The molecule has 0 bridgehead atoms. The zero-order valence-corrected chi connectivity index (χ0v) is 13.3. The highest BCUT2D eigenvalue weighted by atomic mass is 32.2. The predicted octanol–water partition coefficient (Wildman–Crippen LogP) is 4.00. The molecule has 0 aliphatic carbocycles. The van der Waals surface area contributed by atoms with E-state index in [1.807, 2.05) is 30.3 Å². The van der Waals surface area contributed by atoms with Crippen molar-refractivity contribution in [3.05, 3.63) is 75.2 Å². The van der Waals surface area contributed by atoms with Gasteiger partial charge in [0.05, 0.1) is 15.5 Å². The second kappa shape index (κ2) is 6.31. The molecule has 23 heavy (non-hydrogen) atoms. The van der Waals surface area contributed by atoms with Crippen molar-refractivity contribution in [3.8, 4) is 0 Å². The van der Waals surface area contributed by atoms with Crippen LogP contribution in [-0.4, -0.2) is 15.2 Å². The molecule has 1 amide bonds. The minimum absolute atomic E-state index is 0.0800. The minimum Gasteiger partial charge on any atom is -0.268 e. The summed E-state index contributed by atoms with van der Waals surface area (Å²) in [6.07, 6.45) is 1.76.